The van der Waals surface area contributed by atoms with E-state index in [9.17, 15) is 9.18 Å². The number of benzene rings is 1. The first-order chi connectivity index (χ1) is 8.50. The quantitative estimate of drug-likeness (QED) is 0.720. The van der Waals surface area contributed by atoms with Gasteiger partial charge in [-0.1, -0.05) is 6.42 Å². The summed E-state index contributed by atoms with van der Waals surface area (Å²) < 4.78 is 13.3. The molecule has 0 radical (unpaired) electrons. The summed E-state index contributed by atoms with van der Waals surface area (Å²) in [5, 5.41) is 12.2. The largest absolute Gasteiger partial charge is 0.478 e. The van der Waals surface area contributed by atoms with Gasteiger partial charge in [0.25, 0.3) is 0 Å². The standard InChI is InChI=1S/C13H17FN2O2/c1-7(8-3-2-4-8)16-10-6-5-9(14)12(15)11(10)13(17)18/h5-8,16H,2-4,15H2,1H3,(H,17,18). The van der Waals surface area contributed by atoms with Crippen molar-refractivity contribution in [3.8, 4) is 0 Å². The van der Waals surface area contributed by atoms with Crippen LogP contribution in [-0.4, -0.2) is 17.1 Å². The number of hydrogen-bond acceptors (Lipinski definition) is 3. The normalized spacial score (nSPS) is 17.0. The SMILES string of the molecule is CC(Nc1ccc(F)c(N)c1C(=O)O)C1CCC1. The van der Waals surface area contributed by atoms with Crippen LogP contribution in [0.3, 0.4) is 0 Å². The minimum atomic E-state index is -1.21. The summed E-state index contributed by atoms with van der Waals surface area (Å²) in [6.07, 6.45) is 3.51. The van der Waals surface area contributed by atoms with Crippen molar-refractivity contribution in [2.24, 2.45) is 5.92 Å². The molecular formula is C13H17FN2O2. The van der Waals surface area contributed by atoms with Gasteiger partial charge in [-0.15, -0.1) is 0 Å². The van der Waals surface area contributed by atoms with Gasteiger partial charge < -0.3 is 16.2 Å². The number of aromatic carboxylic acids is 1. The number of nitrogens with two attached hydrogens (primary N) is 1. The Kier molecular flexibility index (Phi) is 3.41. The van der Waals surface area contributed by atoms with Crippen LogP contribution >= 0.6 is 0 Å². The van der Waals surface area contributed by atoms with Crippen LogP contribution in [0, 0.1) is 11.7 Å². The monoisotopic (exact) mass is 252 g/mol. The van der Waals surface area contributed by atoms with Crippen molar-refractivity contribution >= 4 is 17.3 Å². The maximum Gasteiger partial charge on any atom is 0.340 e. The van der Waals surface area contributed by atoms with Crippen LogP contribution in [0.5, 0.6) is 0 Å². The number of carbonyl (C=O) groups is 1. The summed E-state index contributed by atoms with van der Waals surface area (Å²) in [6, 6.07) is 2.80. The first-order valence-corrected chi connectivity index (χ1v) is 6.08. The Labute approximate surface area is 105 Å². The zero-order valence-electron chi connectivity index (χ0n) is 10.2. The van der Waals surface area contributed by atoms with Gasteiger partial charge in [-0.25, -0.2) is 9.18 Å². The fraction of sp³-hybridized carbons (Fsp3) is 0.462. The topological polar surface area (TPSA) is 75.3 Å². The number of anilines is 2. The lowest BCUT2D eigenvalue weighted by atomic mass is 9.80. The number of hydrogen-bond donors (Lipinski definition) is 3. The fourth-order valence-electron chi connectivity index (χ4n) is 2.25. The van der Waals surface area contributed by atoms with Gasteiger partial charge in [0.05, 0.1) is 11.4 Å². The molecule has 0 aliphatic heterocycles. The Hall–Kier alpha value is -1.78. The Morgan fingerprint density at radius 3 is 2.72 bits per heavy atom. The molecule has 1 atom stereocenters. The van der Waals surface area contributed by atoms with E-state index < -0.39 is 11.8 Å². The maximum absolute atomic E-state index is 13.3. The maximum atomic E-state index is 13.3. The molecule has 98 valence electrons. The number of carboxylic acids is 1. The van der Waals surface area contributed by atoms with Crippen molar-refractivity contribution in [1.82, 2.24) is 0 Å². The van der Waals surface area contributed by atoms with Gasteiger partial charge in [0.15, 0.2) is 0 Å². The molecule has 1 aromatic rings. The predicted molar refractivity (Wildman–Crippen MR) is 68.2 cm³/mol. The Morgan fingerprint density at radius 2 is 2.22 bits per heavy atom. The van der Waals surface area contributed by atoms with Gasteiger partial charge in [-0.3, -0.25) is 0 Å². The predicted octanol–water partition coefficient (Wildman–Crippen LogP) is 2.71. The molecule has 2 rings (SSSR count). The van der Waals surface area contributed by atoms with Crippen LogP contribution in [0.2, 0.25) is 0 Å². The molecule has 0 spiro atoms. The lowest BCUT2D eigenvalue weighted by Gasteiger charge is -2.33. The number of nitrogens with one attached hydrogen (secondary N) is 1. The summed E-state index contributed by atoms with van der Waals surface area (Å²) in [6.45, 7) is 2.01. The van der Waals surface area contributed by atoms with E-state index in [0.29, 0.717) is 11.6 Å². The van der Waals surface area contributed by atoms with E-state index in [-0.39, 0.29) is 17.3 Å². The molecule has 1 aliphatic rings. The molecule has 1 saturated carbocycles. The molecule has 0 bridgehead atoms. The number of carboxylic acid groups (broad SMARTS) is 1. The van der Waals surface area contributed by atoms with E-state index in [0.717, 1.165) is 12.8 Å². The van der Waals surface area contributed by atoms with Crippen LogP contribution in [0.4, 0.5) is 15.8 Å². The highest BCUT2D eigenvalue weighted by atomic mass is 19.1. The fourth-order valence-corrected chi connectivity index (χ4v) is 2.25. The molecule has 1 aliphatic carbocycles. The molecule has 4 N–H and O–H groups in total. The number of nitrogen functional groups attached to an aromatic ring is 1. The highest BCUT2D eigenvalue weighted by Crippen LogP contribution is 2.33. The summed E-state index contributed by atoms with van der Waals surface area (Å²) >= 11 is 0. The first-order valence-electron chi connectivity index (χ1n) is 6.08. The Balaban J connectivity index is 2.26. The van der Waals surface area contributed by atoms with Crippen LogP contribution in [0.25, 0.3) is 0 Å². The van der Waals surface area contributed by atoms with Crippen molar-refractivity contribution in [2.45, 2.75) is 32.2 Å². The summed E-state index contributed by atoms with van der Waals surface area (Å²) in [7, 11) is 0. The van der Waals surface area contributed by atoms with Crippen molar-refractivity contribution in [3.63, 3.8) is 0 Å². The van der Waals surface area contributed by atoms with Crippen molar-refractivity contribution < 1.29 is 14.3 Å². The second-order valence-electron chi connectivity index (χ2n) is 4.81. The van der Waals surface area contributed by atoms with Gasteiger partial charge in [0.1, 0.15) is 11.4 Å². The smallest absolute Gasteiger partial charge is 0.340 e. The highest BCUT2D eigenvalue weighted by Gasteiger charge is 2.25. The molecule has 0 aromatic heterocycles. The van der Waals surface area contributed by atoms with Crippen LogP contribution in [0.1, 0.15) is 36.5 Å². The van der Waals surface area contributed by atoms with E-state index in [4.69, 9.17) is 10.8 Å². The van der Waals surface area contributed by atoms with Crippen molar-refractivity contribution in [1.29, 1.82) is 0 Å². The molecular weight excluding hydrogens is 235 g/mol. The molecule has 5 heteroatoms. The highest BCUT2D eigenvalue weighted by molar-refractivity contribution is 6.00. The van der Waals surface area contributed by atoms with Gasteiger partial charge >= 0.3 is 5.97 Å². The van der Waals surface area contributed by atoms with Crippen molar-refractivity contribution in [3.05, 3.63) is 23.5 Å². The third-order valence-corrected chi connectivity index (χ3v) is 3.65. The van der Waals surface area contributed by atoms with Gasteiger partial charge in [0.2, 0.25) is 0 Å². The van der Waals surface area contributed by atoms with Crippen LogP contribution < -0.4 is 11.1 Å². The van der Waals surface area contributed by atoms with Gasteiger partial charge in [-0.05, 0) is 37.8 Å². The second-order valence-corrected chi connectivity index (χ2v) is 4.81. The molecule has 0 heterocycles. The van der Waals surface area contributed by atoms with Crippen LogP contribution in [-0.2, 0) is 0 Å². The molecule has 0 amide bonds. The van der Waals surface area contributed by atoms with Gasteiger partial charge in [0, 0.05) is 6.04 Å². The lowest BCUT2D eigenvalue weighted by molar-refractivity contribution is 0.0698. The zero-order chi connectivity index (χ0) is 13.3. The first kappa shape index (κ1) is 12.7. The molecule has 4 nitrogen and oxygen atoms in total. The average Bonchev–Trinajstić information content (AvgIpc) is 2.20. The molecule has 1 fully saturated rings. The third kappa shape index (κ3) is 2.25. The average molecular weight is 252 g/mol. The zero-order valence-corrected chi connectivity index (χ0v) is 10.2. The second kappa shape index (κ2) is 4.84. The van der Waals surface area contributed by atoms with Gasteiger partial charge in [-0.2, -0.15) is 0 Å². The molecule has 0 saturated heterocycles. The summed E-state index contributed by atoms with van der Waals surface area (Å²) in [4.78, 5) is 11.1. The minimum absolute atomic E-state index is 0.168. The van der Waals surface area contributed by atoms with Crippen LogP contribution in [0.15, 0.2) is 12.1 Å². The van der Waals surface area contributed by atoms with E-state index in [1.54, 1.807) is 0 Å². The van der Waals surface area contributed by atoms with E-state index in [1.807, 2.05) is 6.92 Å². The van der Waals surface area contributed by atoms with E-state index >= 15 is 0 Å². The number of rotatable bonds is 4. The lowest BCUT2D eigenvalue weighted by Crippen LogP contribution is -2.31. The summed E-state index contributed by atoms with van der Waals surface area (Å²) in [5.41, 5.74) is 5.39. The van der Waals surface area contributed by atoms with Crippen molar-refractivity contribution in [2.75, 3.05) is 11.1 Å². The summed E-state index contributed by atoms with van der Waals surface area (Å²) in [5.74, 6) is -1.36. The number of halogens is 1. The Bertz CT molecular complexity index is 472. The molecule has 1 aromatic carbocycles. The molecule has 18 heavy (non-hydrogen) atoms. The third-order valence-electron chi connectivity index (χ3n) is 3.65. The van der Waals surface area contributed by atoms with E-state index in [2.05, 4.69) is 5.32 Å². The van der Waals surface area contributed by atoms with E-state index in [1.165, 1.54) is 18.6 Å². The molecule has 1 unspecified atom stereocenters. The Morgan fingerprint density at radius 1 is 1.56 bits per heavy atom. The minimum Gasteiger partial charge on any atom is -0.478 e.